The maximum Gasteiger partial charge on any atom is 0.0695 e. The molecule has 0 aromatic carbocycles. The highest BCUT2D eigenvalue weighted by atomic mass is 32.1. The number of thiophene rings is 1. The molecule has 1 heterocycles. The van der Waals surface area contributed by atoms with E-state index in [2.05, 4.69) is 6.07 Å². The molecule has 0 aliphatic rings. The van der Waals surface area contributed by atoms with Crippen LogP contribution in [0.25, 0.3) is 0 Å². The van der Waals surface area contributed by atoms with Gasteiger partial charge in [0.25, 0.3) is 0 Å². The number of hydrogen-bond donors (Lipinski definition) is 1. The van der Waals surface area contributed by atoms with Crippen LogP contribution in [0.5, 0.6) is 0 Å². The Hall–Kier alpha value is -0.850. The van der Waals surface area contributed by atoms with Crippen LogP contribution >= 0.6 is 11.3 Å². The Morgan fingerprint density at radius 3 is 3.00 bits per heavy atom. The van der Waals surface area contributed by atoms with E-state index >= 15 is 0 Å². The van der Waals surface area contributed by atoms with Crippen molar-refractivity contribution in [2.45, 2.75) is 19.4 Å². The fourth-order valence-electron chi connectivity index (χ4n) is 0.807. The molecule has 0 aliphatic carbocycles. The van der Waals surface area contributed by atoms with E-state index in [1.165, 1.54) is 0 Å². The Kier molecular flexibility index (Phi) is 2.64. The van der Waals surface area contributed by atoms with E-state index in [1.54, 1.807) is 11.3 Å². The first-order chi connectivity index (χ1) is 5.24. The van der Waals surface area contributed by atoms with Crippen LogP contribution in [-0.2, 0) is 6.42 Å². The molecule has 0 radical (unpaired) electrons. The zero-order valence-electron chi connectivity index (χ0n) is 6.37. The van der Waals surface area contributed by atoms with Crippen molar-refractivity contribution < 1.29 is 0 Å². The minimum atomic E-state index is 0.0821. The summed E-state index contributed by atoms with van der Waals surface area (Å²) in [6.45, 7) is 1.94. The SMILES string of the molecule is C[C@H](N)c1csc(CC#N)c1. The monoisotopic (exact) mass is 166 g/mol. The number of rotatable bonds is 2. The standard InChI is InChI=1S/C8H10N2S/c1-6(10)7-4-8(2-3-9)11-5-7/h4-6H,2,10H2,1H3/t6-/m0/s1. The summed E-state index contributed by atoms with van der Waals surface area (Å²) in [4.78, 5) is 1.10. The average molecular weight is 166 g/mol. The molecule has 0 amide bonds. The van der Waals surface area contributed by atoms with Gasteiger partial charge >= 0.3 is 0 Å². The lowest BCUT2D eigenvalue weighted by Gasteiger charge is -1.97. The predicted octanol–water partition coefficient (Wildman–Crippen LogP) is 1.83. The Morgan fingerprint density at radius 2 is 2.55 bits per heavy atom. The topological polar surface area (TPSA) is 49.8 Å². The second kappa shape index (κ2) is 3.51. The summed E-state index contributed by atoms with van der Waals surface area (Å²) >= 11 is 1.60. The molecular formula is C8H10N2S. The van der Waals surface area contributed by atoms with Crippen LogP contribution in [0, 0.1) is 11.3 Å². The molecule has 0 bridgehead atoms. The van der Waals surface area contributed by atoms with Gasteiger partial charge in [-0.3, -0.25) is 0 Å². The molecule has 1 rings (SSSR count). The molecular weight excluding hydrogens is 156 g/mol. The lowest BCUT2D eigenvalue weighted by Crippen LogP contribution is -2.02. The van der Waals surface area contributed by atoms with Gasteiger partial charge in [-0.25, -0.2) is 0 Å². The van der Waals surface area contributed by atoms with Crippen LogP contribution in [0.2, 0.25) is 0 Å². The van der Waals surface area contributed by atoms with Gasteiger partial charge < -0.3 is 5.73 Å². The van der Waals surface area contributed by atoms with Crippen LogP contribution in [-0.4, -0.2) is 0 Å². The van der Waals surface area contributed by atoms with Crippen LogP contribution in [0.4, 0.5) is 0 Å². The van der Waals surface area contributed by atoms with Crippen LogP contribution in [0.1, 0.15) is 23.4 Å². The summed E-state index contributed by atoms with van der Waals surface area (Å²) in [5.41, 5.74) is 6.77. The summed E-state index contributed by atoms with van der Waals surface area (Å²) in [6, 6.07) is 4.19. The number of hydrogen-bond acceptors (Lipinski definition) is 3. The fourth-order valence-corrected chi connectivity index (χ4v) is 1.73. The molecule has 3 heteroatoms. The van der Waals surface area contributed by atoms with E-state index < -0.39 is 0 Å². The molecule has 1 aromatic rings. The third kappa shape index (κ3) is 2.04. The maximum atomic E-state index is 8.39. The number of nitrogens with two attached hydrogens (primary N) is 1. The van der Waals surface area contributed by atoms with E-state index in [4.69, 9.17) is 11.0 Å². The predicted molar refractivity (Wildman–Crippen MR) is 46.2 cm³/mol. The molecule has 58 valence electrons. The van der Waals surface area contributed by atoms with Gasteiger partial charge in [-0.05, 0) is 23.9 Å². The second-order valence-corrected chi connectivity index (χ2v) is 3.47. The van der Waals surface area contributed by atoms with Gasteiger partial charge in [0.1, 0.15) is 0 Å². The van der Waals surface area contributed by atoms with E-state index in [0.717, 1.165) is 10.4 Å². The molecule has 0 fully saturated rings. The minimum Gasteiger partial charge on any atom is -0.324 e. The maximum absolute atomic E-state index is 8.39. The van der Waals surface area contributed by atoms with Crippen LogP contribution in [0.3, 0.4) is 0 Å². The zero-order chi connectivity index (χ0) is 8.27. The Bertz CT molecular complexity index is 270. The second-order valence-electron chi connectivity index (χ2n) is 2.47. The van der Waals surface area contributed by atoms with Crippen molar-refractivity contribution >= 4 is 11.3 Å². The van der Waals surface area contributed by atoms with Gasteiger partial charge in [-0.2, -0.15) is 5.26 Å². The molecule has 0 saturated heterocycles. The molecule has 1 atom stereocenters. The highest BCUT2D eigenvalue weighted by Gasteiger charge is 2.02. The molecule has 0 unspecified atom stereocenters. The van der Waals surface area contributed by atoms with Crippen molar-refractivity contribution in [3.63, 3.8) is 0 Å². The van der Waals surface area contributed by atoms with E-state index in [-0.39, 0.29) is 6.04 Å². The van der Waals surface area contributed by atoms with Gasteiger partial charge in [-0.15, -0.1) is 11.3 Å². The normalized spacial score (nSPS) is 12.5. The largest absolute Gasteiger partial charge is 0.324 e. The molecule has 11 heavy (non-hydrogen) atoms. The first-order valence-corrected chi connectivity index (χ1v) is 4.32. The smallest absolute Gasteiger partial charge is 0.0695 e. The number of nitriles is 1. The van der Waals surface area contributed by atoms with Crippen LogP contribution < -0.4 is 5.73 Å². The number of nitrogens with zero attached hydrogens (tertiary/aromatic N) is 1. The quantitative estimate of drug-likeness (QED) is 0.728. The molecule has 2 nitrogen and oxygen atoms in total. The lowest BCUT2D eigenvalue weighted by molar-refractivity contribution is 0.822. The average Bonchev–Trinajstić information content (AvgIpc) is 2.37. The molecule has 0 aliphatic heterocycles. The van der Waals surface area contributed by atoms with Crippen molar-refractivity contribution in [2.75, 3.05) is 0 Å². The van der Waals surface area contributed by atoms with Crippen molar-refractivity contribution in [2.24, 2.45) is 5.73 Å². The Morgan fingerprint density at radius 1 is 1.82 bits per heavy atom. The summed E-state index contributed by atoms with van der Waals surface area (Å²) in [6.07, 6.45) is 0.497. The van der Waals surface area contributed by atoms with Crippen molar-refractivity contribution in [3.05, 3.63) is 21.9 Å². The van der Waals surface area contributed by atoms with Gasteiger partial charge in [-0.1, -0.05) is 0 Å². The molecule has 2 N–H and O–H groups in total. The van der Waals surface area contributed by atoms with E-state index in [9.17, 15) is 0 Å². The summed E-state index contributed by atoms with van der Waals surface area (Å²) in [7, 11) is 0. The van der Waals surface area contributed by atoms with Gasteiger partial charge in [0.2, 0.25) is 0 Å². The van der Waals surface area contributed by atoms with E-state index in [1.807, 2.05) is 18.4 Å². The van der Waals surface area contributed by atoms with Gasteiger partial charge in [0.05, 0.1) is 12.5 Å². The summed E-state index contributed by atoms with van der Waals surface area (Å²) < 4.78 is 0. The lowest BCUT2D eigenvalue weighted by atomic mass is 10.2. The Balaban J connectivity index is 2.75. The minimum absolute atomic E-state index is 0.0821. The third-order valence-corrected chi connectivity index (χ3v) is 2.41. The van der Waals surface area contributed by atoms with Crippen molar-refractivity contribution in [1.82, 2.24) is 0 Å². The van der Waals surface area contributed by atoms with Crippen LogP contribution in [0.15, 0.2) is 11.4 Å². The first kappa shape index (κ1) is 8.25. The zero-order valence-corrected chi connectivity index (χ0v) is 7.19. The summed E-state index contributed by atoms with van der Waals surface area (Å²) in [5, 5.41) is 10.4. The van der Waals surface area contributed by atoms with Gasteiger partial charge in [0, 0.05) is 10.9 Å². The molecule has 0 spiro atoms. The van der Waals surface area contributed by atoms with Crippen molar-refractivity contribution in [1.29, 1.82) is 5.26 Å². The van der Waals surface area contributed by atoms with Gasteiger partial charge in [0.15, 0.2) is 0 Å². The first-order valence-electron chi connectivity index (χ1n) is 3.44. The van der Waals surface area contributed by atoms with E-state index in [0.29, 0.717) is 6.42 Å². The third-order valence-electron chi connectivity index (χ3n) is 1.45. The Labute approximate surface area is 70.3 Å². The fraction of sp³-hybridized carbons (Fsp3) is 0.375. The highest BCUT2D eigenvalue weighted by molar-refractivity contribution is 7.10. The highest BCUT2D eigenvalue weighted by Crippen LogP contribution is 2.19. The molecule has 1 aromatic heterocycles. The summed E-state index contributed by atoms with van der Waals surface area (Å²) in [5.74, 6) is 0. The van der Waals surface area contributed by atoms with Crippen molar-refractivity contribution in [3.8, 4) is 6.07 Å². The molecule has 0 saturated carbocycles.